The van der Waals surface area contributed by atoms with Crippen LogP contribution in [0, 0.1) is 0 Å². The second-order valence-corrected chi connectivity index (χ2v) is 15.6. The maximum Gasteiger partial charge on any atom is 0.410 e. The van der Waals surface area contributed by atoms with Crippen LogP contribution in [-0.4, -0.2) is 118 Å². The Morgan fingerprint density at radius 1 is 0.596 bits per heavy atom. The number of piperazine rings is 2. The van der Waals surface area contributed by atoms with E-state index in [1.165, 1.54) is 27.6 Å². The van der Waals surface area contributed by atoms with Gasteiger partial charge in [-0.15, -0.1) is 0 Å². The topological polar surface area (TPSA) is 114 Å². The van der Waals surface area contributed by atoms with Crippen LogP contribution in [0.1, 0.15) is 44.7 Å². The lowest BCUT2D eigenvalue weighted by atomic mass is 10.1. The minimum absolute atomic E-state index is 0.110. The monoisotopic (exact) mass is 776 g/mol. The standard InChI is InChI=1S/C25H34N4O3.C20H26N4O/c1-25(2,3)32-24(31)27(4)14-11-23(30)19-20-5-7-21(8-6-20)28-15-17-29(18-16-28)22-9-12-26-13-10-22;1-21-9-8-20(25)16-17-2-4-18(5-3-17)23-12-14-24(15-13-23)19-6-10-22-11-7-19/h5-10,12-13H,11,14-19H2,1-4H3;2-7,10-11,21H,8-9,12-16H2,1H3. The number of ether oxygens (including phenoxy) is 1. The van der Waals surface area contributed by atoms with E-state index < -0.39 is 11.7 Å². The Morgan fingerprint density at radius 3 is 1.30 bits per heavy atom. The first-order valence-electron chi connectivity index (χ1n) is 20.1. The van der Waals surface area contributed by atoms with Crippen LogP contribution in [0.2, 0.25) is 0 Å². The summed E-state index contributed by atoms with van der Waals surface area (Å²) in [5, 5.41) is 3.02. The maximum atomic E-state index is 12.4. The molecule has 0 saturated carbocycles. The largest absolute Gasteiger partial charge is 0.444 e. The molecular formula is C45H60N8O4. The first-order chi connectivity index (χ1) is 27.5. The third-order valence-corrected chi connectivity index (χ3v) is 10.1. The van der Waals surface area contributed by atoms with Crippen molar-refractivity contribution in [3.63, 3.8) is 0 Å². The van der Waals surface area contributed by atoms with Gasteiger partial charge in [-0.05, 0) is 87.5 Å². The number of nitrogens with zero attached hydrogens (tertiary/aromatic N) is 7. The van der Waals surface area contributed by atoms with Gasteiger partial charge in [-0.1, -0.05) is 24.3 Å². The summed E-state index contributed by atoms with van der Waals surface area (Å²) in [4.78, 5) is 55.4. The molecule has 2 aromatic heterocycles. The molecule has 0 bridgehead atoms. The number of anilines is 4. The number of Topliss-reactive ketones (excluding diaryl/α,β-unsaturated/α-hetero) is 2. The highest BCUT2D eigenvalue weighted by Crippen LogP contribution is 2.23. The van der Waals surface area contributed by atoms with Crippen molar-refractivity contribution in [1.82, 2.24) is 20.2 Å². The van der Waals surface area contributed by atoms with E-state index in [2.05, 4.69) is 83.4 Å². The maximum absolute atomic E-state index is 12.4. The van der Waals surface area contributed by atoms with E-state index in [1.807, 2.05) is 76.9 Å². The van der Waals surface area contributed by atoms with E-state index in [0.717, 1.165) is 70.0 Å². The van der Waals surface area contributed by atoms with Crippen LogP contribution in [-0.2, 0) is 27.2 Å². The molecule has 12 nitrogen and oxygen atoms in total. The molecule has 6 rings (SSSR count). The van der Waals surface area contributed by atoms with Crippen molar-refractivity contribution in [3.05, 3.63) is 109 Å². The van der Waals surface area contributed by atoms with Crippen molar-refractivity contribution in [2.24, 2.45) is 0 Å². The smallest absolute Gasteiger partial charge is 0.410 e. The number of nitrogens with one attached hydrogen (secondary N) is 1. The van der Waals surface area contributed by atoms with Crippen LogP contribution >= 0.6 is 0 Å². The molecule has 1 N–H and O–H groups in total. The van der Waals surface area contributed by atoms with Gasteiger partial charge in [-0.25, -0.2) is 4.79 Å². The van der Waals surface area contributed by atoms with Crippen molar-refractivity contribution in [1.29, 1.82) is 0 Å². The van der Waals surface area contributed by atoms with Crippen LogP contribution in [0.5, 0.6) is 0 Å². The number of carbonyl (C=O) groups excluding carboxylic acids is 3. The number of carbonyl (C=O) groups is 3. The second kappa shape index (κ2) is 21.2. The van der Waals surface area contributed by atoms with Crippen LogP contribution in [0.4, 0.5) is 27.5 Å². The van der Waals surface area contributed by atoms with Gasteiger partial charge in [0, 0.05) is 146 Å². The number of benzene rings is 2. The summed E-state index contributed by atoms with van der Waals surface area (Å²) >= 11 is 0. The van der Waals surface area contributed by atoms with Gasteiger partial charge in [0.15, 0.2) is 0 Å². The molecule has 2 aromatic carbocycles. The lowest BCUT2D eigenvalue weighted by molar-refractivity contribution is -0.119. The van der Waals surface area contributed by atoms with Crippen molar-refractivity contribution in [2.75, 3.05) is 99.1 Å². The molecule has 12 heteroatoms. The highest BCUT2D eigenvalue weighted by atomic mass is 16.6. The Kier molecular flexibility index (Phi) is 15.8. The molecule has 2 saturated heterocycles. The molecule has 0 aliphatic carbocycles. The summed E-state index contributed by atoms with van der Waals surface area (Å²) in [7, 11) is 3.53. The summed E-state index contributed by atoms with van der Waals surface area (Å²) in [6.07, 6.45) is 8.75. The molecule has 4 heterocycles. The van der Waals surface area contributed by atoms with Crippen LogP contribution in [0.15, 0.2) is 97.6 Å². The van der Waals surface area contributed by atoms with Gasteiger partial charge in [0.05, 0.1) is 0 Å². The zero-order valence-electron chi connectivity index (χ0n) is 34.4. The highest BCUT2D eigenvalue weighted by Gasteiger charge is 2.21. The molecule has 57 heavy (non-hydrogen) atoms. The number of ketones is 2. The van der Waals surface area contributed by atoms with Crippen molar-refractivity contribution in [2.45, 2.75) is 52.1 Å². The van der Waals surface area contributed by atoms with Crippen molar-refractivity contribution < 1.29 is 19.1 Å². The van der Waals surface area contributed by atoms with Gasteiger partial charge in [0.2, 0.25) is 0 Å². The van der Waals surface area contributed by atoms with Crippen LogP contribution < -0.4 is 24.9 Å². The fraction of sp³-hybridized carbons (Fsp3) is 0.444. The number of pyridine rings is 2. The zero-order valence-corrected chi connectivity index (χ0v) is 34.4. The highest BCUT2D eigenvalue weighted by molar-refractivity contribution is 5.82. The van der Waals surface area contributed by atoms with Gasteiger partial charge in [-0.2, -0.15) is 0 Å². The minimum Gasteiger partial charge on any atom is -0.444 e. The Bertz CT molecular complexity index is 1820. The predicted molar refractivity (Wildman–Crippen MR) is 230 cm³/mol. The van der Waals surface area contributed by atoms with E-state index >= 15 is 0 Å². The van der Waals surface area contributed by atoms with Gasteiger partial charge in [0.25, 0.3) is 0 Å². The predicted octanol–water partition coefficient (Wildman–Crippen LogP) is 5.91. The van der Waals surface area contributed by atoms with Gasteiger partial charge in [0.1, 0.15) is 17.2 Å². The number of hydrogen-bond donors (Lipinski definition) is 1. The third kappa shape index (κ3) is 13.9. The van der Waals surface area contributed by atoms with Crippen LogP contribution in [0.25, 0.3) is 0 Å². The zero-order chi connectivity index (χ0) is 40.6. The Morgan fingerprint density at radius 2 is 0.947 bits per heavy atom. The SMILES string of the molecule is CN(CCC(=O)Cc1ccc(N2CCN(c3ccncc3)CC2)cc1)C(=O)OC(C)(C)C.CNCCC(=O)Cc1ccc(N2CCN(c3ccncc3)CC2)cc1. The number of amides is 1. The van der Waals surface area contributed by atoms with E-state index in [0.29, 0.717) is 32.2 Å². The van der Waals surface area contributed by atoms with Crippen molar-refractivity contribution >= 4 is 40.4 Å². The van der Waals surface area contributed by atoms with Crippen molar-refractivity contribution in [3.8, 4) is 0 Å². The number of rotatable bonds is 14. The fourth-order valence-electron chi connectivity index (χ4n) is 6.82. The quantitative estimate of drug-likeness (QED) is 0.165. The molecule has 1 amide bonds. The normalized spacial score (nSPS) is 14.4. The summed E-state index contributed by atoms with van der Waals surface area (Å²) in [5.74, 6) is 0.396. The summed E-state index contributed by atoms with van der Waals surface area (Å²) in [5.41, 5.74) is 6.43. The van der Waals surface area contributed by atoms with Crippen LogP contribution in [0.3, 0.4) is 0 Å². The molecule has 2 aliphatic heterocycles. The van der Waals surface area contributed by atoms with E-state index in [-0.39, 0.29) is 11.6 Å². The molecule has 304 valence electrons. The molecule has 4 aromatic rings. The molecule has 2 fully saturated rings. The molecule has 0 atom stereocenters. The fourth-order valence-corrected chi connectivity index (χ4v) is 6.82. The van der Waals surface area contributed by atoms with Gasteiger partial charge >= 0.3 is 6.09 Å². The first kappa shape index (κ1) is 42.6. The number of aromatic nitrogens is 2. The molecule has 0 radical (unpaired) electrons. The average molecular weight is 777 g/mol. The Labute approximate surface area is 338 Å². The lowest BCUT2D eigenvalue weighted by Crippen LogP contribution is -2.46. The summed E-state index contributed by atoms with van der Waals surface area (Å²) in [6, 6.07) is 24.9. The van der Waals surface area contributed by atoms with E-state index in [4.69, 9.17) is 4.74 Å². The van der Waals surface area contributed by atoms with Gasteiger partial charge < -0.3 is 34.6 Å². The minimum atomic E-state index is -0.539. The molecule has 2 aliphatic rings. The average Bonchev–Trinajstić information content (AvgIpc) is 3.23. The second-order valence-electron chi connectivity index (χ2n) is 15.6. The lowest BCUT2D eigenvalue weighted by Gasteiger charge is -2.37. The molecular weight excluding hydrogens is 717 g/mol. The molecule has 0 unspecified atom stereocenters. The van der Waals surface area contributed by atoms with Gasteiger partial charge in [-0.3, -0.25) is 19.6 Å². The Hall–Kier alpha value is -5.49. The summed E-state index contributed by atoms with van der Waals surface area (Å²) < 4.78 is 5.32. The first-order valence-corrected chi connectivity index (χ1v) is 20.1. The van der Waals surface area contributed by atoms with E-state index in [9.17, 15) is 14.4 Å². The summed E-state index contributed by atoms with van der Waals surface area (Å²) in [6.45, 7) is 14.5. The third-order valence-electron chi connectivity index (χ3n) is 10.1. The number of hydrogen-bond acceptors (Lipinski definition) is 11. The Balaban J connectivity index is 0.000000224. The molecule has 0 spiro atoms. The van der Waals surface area contributed by atoms with E-state index in [1.54, 1.807) is 7.05 Å².